The Kier molecular flexibility index (Phi) is 7.45. The zero-order valence-electron chi connectivity index (χ0n) is 24.1. The van der Waals surface area contributed by atoms with Crippen LogP contribution in [0.1, 0.15) is 32.1 Å². The minimum atomic E-state index is -1.22. The van der Waals surface area contributed by atoms with Crippen molar-refractivity contribution in [3.63, 3.8) is 0 Å². The molecule has 12 heteroatoms. The monoisotopic (exact) mass is 595 g/mol. The molecule has 218 valence electrons. The third-order valence-corrected chi connectivity index (χ3v) is 10.5. The van der Waals surface area contributed by atoms with E-state index in [1.807, 2.05) is 36.1 Å². The Balaban J connectivity index is 1.38. The third-order valence-electron chi connectivity index (χ3n) is 8.38. The highest BCUT2D eigenvalue weighted by Gasteiger charge is 2.40. The van der Waals surface area contributed by atoms with Gasteiger partial charge in [-0.05, 0) is 44.2 Å². The number of carboxylic acid groups (broad SMARTS) is 1. The van der Waals surface area contributed by atoms with Crippen molar-refractivity contribution in [2.24, 2.45) is 7.05 Å². The van der Waals surface area contributed by atoms with Crippen molar-refractivity contribution in [2.45, 2.75) is 82.6 Å². The van der Waals surface area contributed by atoms with Gasteiger partial charge in [0.1, 0.15) is 18.1 Å². The van der Waals surface area contributed by atoms with E-state index >= 15 is 0 Å². The fourth-order valence-electron chi connectivity index (χ4n) is 6.43. The van der Waals surface area contributed by atoms with E-state index in [4.69, 9.17) is 26.3 Å². The minimum absolute atomic E-state index is 0.0319. The maximum Gasteiger partial charge on any atom is 0.404 e. The molecule has 2 unspecified atom stereocenters. The van der Waals surface area contributed by atoms with Gasteiger partial charge in [-0.2, -0.15) is 5.10 Å². The Morgan fingerprint density at radius 3 is 2.63 bits per heavy atom. The van der Waals surface area contributed by atoms with Gasteiger partial charge in [0, 0.05) is 68.8 Å². The van der Waals surface area contributed by atoms with E-state index in [0.29, 0.717) is 18.4 Å². The lowest BCUT2D eigenvalue weighted by Gasteiger charge is -2.49. The number of carbonyl (C=O) groups is 1. The lowest BCUT2D eigenvalue weighted by atomic mass is 9.82. The van der Waals surface area contributed by atoms with Crippen LogP contribution in [0.3, 0.4) is 0 Å². The molecular weight excluding hydrogens is 558 g/mol. The Labute approximate surface area is 245 Å². The molecule has 2 atom stereocenters. The van der Waals surface area contributed by atoms with Crippen LogP contribution in [-0.2, 0) is 18.5 Å². The van der Waals surface area contributed by atoms with Gasteiger partial charge in [-0.15, -0.1) is 0 Å². The molecule has 0 radical (unpaired) electrons. The quantitative estimate of drug-likeness (QED) is 0.187. The van der Waals surface area contributed by atoms with E-state index in [9.17, 15) is 9.90 Å². The predicted octanol–water partition coefficient (Wildman–Crippen LogP) is 6.11. The number of halogens is 1. The number of anilines is 1. The van der Waals surface area contributed by atoms with Gasteiger partial charge >= 0.3 is 6.09 Å². The number of fused-ring (bicyclic) bond motifs is 4. The molecule has 6 rings (SSSR count). The van der Waals surface area contributed by atoms with E-state index in [-0.39, 0.29) is 18.1 Å². The van der Waals surface area contributed by atoms with Gasteiger partial charge in [-0.1, -0.05) is 37.3 Å². The second-order valence-electron chi connectivity index (χ2n) is 12.7. The SMILES string of the molecule is Cn1cc2c(Cl)c(-c3cn(COCC[Si](C)(C)C)c4nc(N5C6CCCC5CC(NC(=O)O)C6)cnc34)ccc2n1. The maximum absolute atomic E-state index is 11.3. The fourth-order valence-corrected chi connectivity index (χ4v) is 7.50. The Bertz CT molecular complexity index is 1580. The predicted molar refractivity (Wildman–Crippen MR) is 164 cm³/mol. The van der Waals surface area contributed by atoms with Crippen LogP contribution in [0.15, 0.2) is 30.7 Å². The van der Waals surface area contributed by atoms with Gasteiger partial charge in [-0.25, -0.2) is 14.8 Å². The van der Waals surface area contributed by atoms with Crippen molar-refractivity contribution in [2.75, 3.05) is 11.5 Å². The third kappa shape index (κ3) is 5.67. The Hall–Kier alpha value is -3.15. The zero-order valence-corrected chi connectivity index (χ0v) is 25.9. The first-order chi connectivity index (χ1) is 19.6. The van der Waals surface area contributed by atoms with Crippen LogP contribution in [-0.4, -0.2) is 68.3 Å². The summed E-state index contributed by atoms with van der Waals surface area (Å²) >= 11 is 6.95. The molecule has 2 bridgehead atoms. The summed E-state index contributed by atoms with van der Waals surface area (Å²) in [6.07, 6.45) is 9.62. The number of nitrogens with one attached hydrogen (secondary N) is 1. The molecule has 0 spiro atoms. The van der Waals surface area contributed by atoms with Crippen LogP contribution in [0.4, 0.5) is 10.6 Å². The molecule has 2 saturated heterocycles. The highest BCUT2D eigenvalue weighted by molar-refractivity contribution is 6.76. The summed E-state index contributed by atoms with van der Waals surface area (Å²) in [6.45, 7) is 8.12. The van der Waals surface area contributed by atoms with Crippen LogP contribution >= 0.6 is 11.6 Å². The molecule has 1 amide bonds. The van der Waals surface area contributed by atoms with Crippen LogP contribution in [0.5, 0.6) is 0 Å². The van der Waals surface area contributed by atoms with Crippen molar-refractivity contribution < 1.29 is 14.6 Å². The number of benzene rings is 1. The molecule has 41 heavy (non-hydrogen) atoms. The lowest BCUT2D eigenvalue weighted by Crippen LogP contribution is -2.57. The first-order valence-corrected chi connectivity index (χ1v) is 18.5. The largest absolute Gasteiger partial charge is 0.465 e. The van der Waals surface area contributed by atoms with E-state index < -0.39 is 14.2 Å². The molecule has 10 nitrogen and oxygen atoms in total. The summed E-state index contributed by atoms with van der Waals surface area (Å²) in [5.74, 6) is 0.836. The molecular formula is C29H38ClN7O3Si. The summed E-state index contributed by atoms with van der Waals surface area (Å²) < 4.78 is 9.99. The highest BCUT2D eigenvalue weighted by Crippen LogP contribution is 2.40. The van der Waals surface area contributed by atoms with Crippen LogP contribution in [0.25, 0.3) is 33.2 Å². The van der Waals surface area contributed by atoms with E-state index in [1.54, 1.807) is 4.68 Å². The fraction of sp³-hybridized carbons (Fsp3) is 0.517. The maximum atomic E-state index is 11.3. The number of hydrogen-bond acceptors (Lipinski definition) is 6. The highest BCUT2D eigenvalue weighted by atomic mass is 35.5. The number of aryl methyl sites for hydroxylation is 1. The number of aromatic nitrogens is 5. The first kappa shape index (κ1) is 28.0. The molecule has 5 heterocycles. The van der Waals surface area contributed by atoms with Gasteiger partial charge < -0.3 is 24.6 Å². The average molecular weight is 596 g/mol. The van der Waals surface area contributed by atoms with Gasteiger partial charge in [0.15, 0.2) is 5.65 Å². The molecule has 0 aliphatic carbocycles. The molecule has 3 aromatic heterocycles. The number of hydrogen-bond donors (Lipinski definition) is 2. The van der Waals surface area contributed by atoms with E-state index in [2.05, 4.69) is 41.2 Å². The summed E-state index contributed by atoms with van der Waals surface area (Å²) in [5, 5.41) is 18.1. The van der Waals surface area contributed by atoms with Crippen molar-refractivity contribution in [1.29, 1.82) is 0 Å². The van der Waals surface area contributed by atoms with Gasteiger partial charge in [-0.3, -0.25) is 4.68 Å². The topological polar surface area (TPSA) is 110 Å². The summed E-state index contributed by atoms with van der Waals surface area (Å²) in [7, 11) is 0.666. The molecule has 1 aromatic carbocycles. The van der Waals surface area contributed by atoms with Crippen molar-refractivity contribution >= 4 is 53.7 Å². The van der Waals surface area contributed by atoms with Gasteiger partial charge in [0.05, 0.1) is 16.7 Å². The van der Waals surface area contributed by atoms with Crippen molar-refractivity contribution in [3.8, 4) is 11.1 Å². The number of ether oxygens (including phenoxy) is 1. The van der Waals surface area contributed by atoms with Crippen LogP contribution < -0.4 is 10.2 Å². The van der Waals surface area contributed by atoms with Gasteiger partial charge in [0.25, 0.3) is 0 Å². The minimum Gasteiger partial charge on any atom is -0.465 e. The number of piperidine rings is 2. The summed E-state index contributed by atoms with van der Waals surface area (Å²) in [5.41, 5.74) is 4.18. The normalized spacial score (nSPS) is 21.1. The van der Waals surface area contributed by atoms with Crippen molar-refractivity contribution in [1.82, 2.24) is 29.6 Å². The molecule has 2 N–H and O–H groups in total. The molecule has 2 aliphatic rings. The Morgan fingerprint density at radius 2 is 1.93 bits per heavy atom. The molecule has 2 aliphatic heterocycles. The van der Waals surface area contributed by atoms with Gasteiger partial charge in [0.2, 0.25) is 0 Å². The number of nitrogens with zero attached hydrogens (tertiary/aromatic N) is 6. The molecule has 0 saturated carbocycles. The smallest absolute Gasteiger partial charge is 0.404 e. The Morgan fingerprint density at radius 1 is 1.17 bits per heavy atom. The standard InChI is InChI=1S/C29H38ClN7O3Si/c1-35-15-23-24(34-35)9-8-21(26(23)30)22-16-36(17-40-10-11-41(2,3)4)28-27(22)31-14-25(33-28)37-19-6-5-7-20(37)13-18(12-19)32-29(38)39/h8-9,14-16,18-20,32H,5-7,10-13,17H2,1-4H3,(H,38,39). The van der Waals surface area contributed by atoms with E-state index in [1.165, 1.54) is 0 Å². The summed E-state index contributed by atoms with van der Waals surface area (Å²) in [4.78, 5) is 23.9. The van der Waals surface area contributed by atoms with Crippen LogP contribution in [0, 0.1) is 0 Å². The zero-order chi connectivity index (χ0) is 28.9. The number of amides is 1. The molecule has 2 fully saturated rings. The number of rotatable bonds is 8. The summed E-state index contributed by atoms with van der Waals surface area (Å²) in [6, 6.07) is 5.50. The van der Waals surface area contributed by atoms with Crippen LogP contribution in [0.2, 0.25) is 30.7 Å². The van der Waals surface area contributed by atoms with E-state index in [0.717, 1.165) is 77.2 Å². The lowest BCUT2D eigenvalue weighted by molar-refractivity contribution is 0.0899. The second kappa shape index (κ2) is 10.9. The average Bonchev–Trinajstić information content (AvgIpc) is 3.45. The first-order valence-electron chi connectivity index (χ1n) is 14.4. The molecule has 4 aromatic rings. The van der Waals surface area contributed by atoms with Crippen molar-refractivity contribution in [3.05, 3.63) is 35.7 Å². The second-order valence-corrected chi connectivity index (χ2v) is 18.7.